The molecule has 0 aromatic rings. The molecule has 0 bridgehead atoms. The first kappa shape index (κ1) is 8.27. The third kappa shape index (κ3) is 2.54. The van der Waals surface area contributed by atoms with Gasteiger partial charge in [-0.2, -0.15) is 0 Å². The van der Waals surface area contributed by atoms with E-state index in [4.69, 9.17) is 0 Å². The van der Waals surface area contributed by atoms with Gasteiger partial charge >= 0.3 is 18.9 Å². The summed E-state index contributed by atoms with van der Waals surface area (Å²) in [5.41, 5.74) is 0. The molecule has 1 saturated carbocycles. The van der Waals surface area contributed by atoms with E-state index in [1.807, 2.05) is 0 Å². The van der Waals surface area contributed by atoms with Crippen molar-refractivity contribution in [2.75, 3.05) is 0 Å². The summed E-state index contributed by atoms with van der Waals surface area (Å²) in [5.74, 6) is 0.464. The summed E-state index contributed by atoms with van der Waals surface area (Å²) in [6.07, 6.45) is 5.24. The van der Waals surface area contributed by atoms with Crippen LogP contribution in [-0.4, -0.2) is 5.78 Å². The molecule has 0 aromatic carbocycles. The van der Waals surface area contributed by atoms with Gasteiger partial charge in [0.2, 0.25) is 0 Å². The van der Waals surface area contributed by atoms with Crippen LogP contribution in [0.2, 0.25) is 0 Å². The molecule has 0 heterocycles. The van der Waals surface area contributed by atoms with Crippen LogP contribution in [0.15, 0.2) is 0 Å². The van der Waals surface area contributed by atoms with Crippen LogP contribution in [0.4, 0.5) is 0 Å². The molecule has 0 radical (unpaired) electrons. The van der Waals surface area contributed by atoms with Gasteiger partial charge in [-0.3, -0.25) is 4.79 Å². The van der Waals surface area contributed by atoms with Crippen molar-refractivity contribution in [3.8, 4) is 0 Å². The van der Waals surface area contributed by atoms with Gasteiger partial charge in [-0.05, 0) is 12.8 Å². The zero-order valence-electron chi connectivity index (χ0n) is 5.44. The standard InChI is InChI=1S/C6H10O.Li/c7-6-4-2-1-3-5-6;/h1-5H2;/q;+1. The minimum absolute atomic E-state index is 0. The number of ketones is 1. The molecular formula is C6H10LiO+. The van der Waals surface area contributed by atoms with E-state index in [2.05, 4.69) is 0 Å². The minimum atomic E-state index is 0. The van der Waals surface area contributed by atoms with E-state index in [1.54, 1.807) is 0 Å². The Labute approximate surface area is 62.0 Å². The van der Waals surface area contributed by atoms with Crippen LogP contribution < -0.4 is 18.9 Å². The molecule has 1 aliphatic rings. The molecule has 0 spiro atoms. The zero-order valence-corrected chi connectivity index (χ0v) is 5.44. The summed E-state index contributed by atoms with van der Waals surface area (Å²) in [6, 6.07) is 0. The van der Waals surface area contributed by atoms with E-state index in [1.165, 1.54) is 6.42 Å². The fraction of sp³-hybridized carbons (Fsp3) is 0.833. The molecule has 2 heteroatoms. The Hall–Kier alpha value is 0.267. The van der Waals surface area contributed by atoms with Crippen molar-refractivity contribution < 1.29 is 23.7 Å². The third-order valence-electron chi connectivity index (χ3n) is 1.41. The monoisotopic (exact) mass is 105 g/mol. The molecule has 0 saturated heterocycles. The van der Waals surface area contributed by atoms with Crippen LogP contribution in [0, 0.1) is 0 Å². The third-order valence-corrected chi connectivity index (χ3v) is 1.41. The van der Waals surface area contributed by atoms with Crippen molar-refractivity contribution in [2.24, 2.45) is 0 Å². The van der Waals surface area contributed by atoms with Crippen LogP contribution in [0.25, 0.3) is 0 Å². The molecule has 0 amide bonds. The molecule has 0 aliphatic heterocycles. The molecular weight excluding hydrogens is 95.0 g/mol. The average Bonchev–Trinajstić information content (AvgIpc) is 1.69. The summed E-state index contributed by atoms with van der Waals surface area (Å²) in [5, 5.41) is 0. The average molecular weight is 105 g/mol. The fourth-order valence-electron chi connectivity index (χ4n) is 0.946. The molecule has 1 rings (SSSR count). The second-order valence-corrected chi connectivity index (χ2v) is 2.10. The Morgan fingerprint density at radius 2 is 1.50 bits per heavy atom. The largest absolute Gasteiger partial charge is 1.00 e. The number of carbonyl (C=O) groups excluding carboxylic acids is 1. The first-order valence-electron chi connectivity index (χ1n) is 2.91. The van der Waals surface area contributed by atoms with Crippen molar-refractivity contribution in [3.05, 3.63) is 0 Å². The quantitative estimate of drug-likeness (QED) is 0.343. The smallest absolute Gasteiger partial charge is 0.300 e. The van der Waals surface area contributed by atoms with Gasteiger partial charge in [0.05, 0.1) is 0 Å². The summed E-state index contributed by atoms with van der Waals surface area (Å²) in [6.45, 7) is 0. The predicted molar refractivity (Wildman–Crippen MR) is 28.1 cm³/mol. The number of rotatable bonds is 0. The van der Waals surface area contributed by atoms with E-state index < -0.39 is 0 Å². The number of carbonyl (C=O) groups is 1. The van der Waals surface area contributed by atoms with Crippen LogP contribution in [0.3, 0.4) is 0 Å². The molecule has 0 unspecified atom stereocenters. The molecule has 40 valence electrons. The topological polar surface area (TPSA) is 17.1 Å². The SMILES string of the molecule is O=C1CCCCC1.[Li+]. The number of hydrogen-bond donors (Lipinski definition) is 0. The van der Waals surface area contributed by atoms with Gasteiger partial charge in [-0.15, -0.1) is 0 Å². The van der Waals surface area contributed by atoms with Crippen LogP contribution >= 0.6 is 0 Å². The van der Waals surface area contributed by atoms with Gasteiger partial charge in [-0.25, -0.2) is 0 Å². The van der Waals surface area contributed by atoms with Gasteiger partial charge in [-0.1, -0.05) is 6.42 Å². The Kier molecular flexibility index (Phi) is 4.32. The van der Waals surface area contributed by atoms with Crippen LogP contribution in [0.5, 0.6) is 0 Å². The van der Waals surface area contributed by atoms with Gasteiger partial charge in [0.1, 0.15) is 5.78 Å². The van der Waals surface area contributed by atoms with Crippen molar-refractivity contribution in [2.45, 2.75) is 32.1 Å². The zero-order chi connectivity index (χ0) is 5.11. The van der Waals surface area contributed by atoms with E-state index in [-0.39, 0.29) is 18.9 Å². The fourth-order valence-corrected chi connectivity index (χ4v) is 0.946. The van der Waals surface area contributed by atoms with Gasteiger partial charge in [0, 0.05) is 12.8 Å². The second kappa shape index (κ2) is 4.18. The number of Topliss-reactive ketones (excluding diaryl/α,β-unsaturated/α-hetero) is 1. The van der Waals surface area contributed by atoms with E-state index in [0.717, 1.165) is 25.7 Å². The molecule has 1 nitrogen and oxygen atoms in total. The van der Waals surface area contributed by atoms with Gasteiger partial charge < -0.3 is 0 Å². The molecule has 0 aromatic heterocycles. The Morgan fingerprint density at radius 1 is 1.00 bits per heavy atom. The Balaban J connectivity index is 0.000000490. The maximum Gasteiger partial charge on any atom is 1.00 e. The van der Waals surface area contributed by atoms with Crippen molar-refractivity contribution in [1.29, 1.82) is 0 Å². The molecule has 0 N–H and O–H groups in total. The summed E-state index contributed by atoms with van der Waals surface area (Å²) < 4.78 is 0. The van der Waals surface area contributed by atoms with Crippen LogP contribution in [0.1, 0.15) is 32.1 Å². The maximum absolute atomic E-state index is 10.5. The molecule has 1 aliphatic carbocycles. The Bertz CT molecular complexity index is 72.6. The summed E-state index contributed by atoms with van der Waals surface area (Å²) in [4.78, 5) is 10.5. The summed E-state index contributed by atoms with van der Waals surface area (Å²) in [7, 11) is 0. The van der Waals surface area contributed by atoms with E-state index in [0.29, 0.717) is 5.78 Å². The van der Waals surface area contributed by atoms with Crippen molar-refractivity contribution in [1.82, 2.24) is 0 Å². The predicted octanol–water partition coefficient (Wildman–Crippen LogP) is -1.48. The Morgan fingerprint density at radius 3 is 1.75 bits per heavy atom. The number of hydrogen-bond acceptors (Lipinski definition) is 1. The minimum Gasteiger partial charge on any atom is -0.300 e. The first-order chi connectivity index (χ1) is 3.39. The molecule has 1 fully saturated rings. The first-order valence-corrected chi connectivity index (χ1v) is 2.91. The van der Waals surface area contributed by atoms with Crippen molar-refractivity contribution >= 4 is 5.78 Å². The second-order valence-electron chi connectivity index (χ2n) is 2.10. The van der Waals surface area contributed by atoms with E-state index in [9.17, 15) is 4.79 Å². The van der Waals surface area contributed by atoms with Crippen molar-refractivity contribution in [3.63, 3.8) is 0 Å². The molecule has 0 atom stereocenters. The normalized spacial score (nSPS) is 19.8. The molecule has 8 heavy (non-hydrogen) atoms. The van der Waals surface area contributed by atoms with Gasteiger partial charge in [0.15, 0.2) is 0 Å². The van der Waals surface area contributed by atoms with Crippen LogP contribution in [-0.2, 0) is 4.79 Å². The maximum atomic E-state index is 10.5. The summed E-state index contributed by atoms with van der Waals surface area (Å²) >= 11 is 0. The van der Waals surface area contributed by atoms with Gasteiger partial charge in [0.25, 0.3) is 0 Å². The van der Waals surface area contributed by atoms with E-state index >= 15 is 0 Å².